The lowest BCUT2D eigenvalue weighted by molar-refractivity contribution is -0.113. The summed E-state index contributed by atoms with van der Waals surface area (Å²) in [6, 6.07) is 10.7. The van der Waals surface area contributed by atoms with Crippen molar-refractivity contribution in [1.82, 2.24) is 14.8 Å². The van der Waals surface area contributed by atoms with Crippen molar-refractivity contribution in [2.24, 2.45) is 0 Å². The van der Waals surface area contributed by atoms with Crippen molar-refractivity contribution in [3.8, 4) is 17.2 Å². The van der Waals surface area contributed by atoms with Crippen LogP contribution in [0.3, 0.4) is 0 Å². The first-order chi connectivity index (χ1) is 15.4. The standard InChI is InChI=1S/C22H25ClN4O4S/c1-5-27-20(12-31-18-9-6-15(23)10-14(18)2)25-26-22(27)32-13-21(28)24-17-8-7-16(29-3)11-19(17)30-4/h6-11H,5,12-13H2,1-4H3,(H,24,28). The van der Waals surface area contributed by atoms with Gasteiger partial charge in [0.2, 0.25) is 5.91 Å². The topological polar surface area (TPSA) is 87.5 Å². The Balaban J connectivity index is 1.61. The summed E-state index contributed by atoms with van der Waals surface area (Å²) >= 11 is 7.30. The number of amides is 1. The van der Waals surface area contributed by atoms with Crippen LogP contribution in [0.4, 0.5) is 5.69 Å². The van der Waals surface area contributed by atoms with Crippen molar-refractivity contribution in [2.45, 2.75) is 32.2 Å². The Bertz CT molecular complexity index is 1090. The molecule has 3 rings (SSSR count). The number of ether oxygens (including phenoxy) is 3. The fourth-order valence-corrected chi connectivity index (χ4v) is 4.03. The number of halogens is 1. The van der Waals surface area contributed by atoms with E-state index in [1.54, 1.807) is 31.4 Å². The number of rotatable bonds is 10. The van der Waals surface area contributed by atoms with E-state index >= 15 is 0 Å². The van der Waals surface area contributed by atoms with E-state index in [-0.39, 0.29) is 18.3 Å². The molecule has 0 aliphatic rings. The van der Waals surface area contributed by atoms with Crippen LogP contribution in [0.2, 0.25) is 5.02 Å². The van der Waals surface area contributed by atoms with Gasteiger partial charge in [0.1, 0.15) is 23.9 Å². The van der Waals surface area contributed by atoms with E-state index in [0.717, 1.165) is 11.3 Å². The second-order valence-corrected chi connectivity index (χ2v) is 8.12. The average molecular weight is 477 g/mol. The Morgan fingerprint density at radius 1 is 1.12 bits per heavy atom. The monoisotopic (exact) mass is 476 g/mol. The van der Waals surface area contributed by atoms with Gasteiger partial charge in [-0.05, 0) is 49.7 Å². The summed E-state index contributed by atoms with van der Waals surface area (Å²) in [5.41, 5.74) is 1.52. The molecule has 1 aromatic heterocycles. The molecule has 170 valence electrons. The van der Waals surface area contributed by atoms with Crippen LogP contribution >= 0.6 is 23.4 Å². The van der Waals surface area contributed by atoms with Crippen LogP contribution in [-0.2, 0) is 17.9 Å². The summed E-state index contributed by atoms with van der Waals surface area (Å²) in [4.78, 5) is 12.5. The lowest BCUT2D eigenvalue weighted by Crippen LogP contribution is -2.15. The summed E-state index contributed by atoms with van der Waals surface area (Å²) in [5, 5.41) is 12.6. The van der Waals surface area contributed by atoms with Crippen LogP contribution in [-0.4, -0.2) is 40.6 Å². The maximum atomic E-state index is 12.5. The number of carbonyl (C=O) groups excluding carboxylic acids is 1. The lowest BCUT2D eigenvalue weighted by atomic mass is 10.2. The number of carbonyl (C=O) groups is 1. The number of methoxy groups -OCH3 is 2. The molecule has 0 unspecified atom stereocenters. The predicted octanol–water partition coefficient (Wildman–Crippen LogP) is 4.59. The third-order valence-corrected chi connectivity index (χ3v) is 5.82. The molecule has 0 aliphatic carbocycles. The van der Waals surface area contributed by atoms with Gasteiger partial charge in [0.15, 0.2) is 11.0 Å². The van der Waals surface area contributed by atoms with Gasteiger partial charge < -0.3 is 24.1 Å². The Morgan fingerprint density at radius 3 is 2.62 bits per heavy atom. The smallest absolute Gasteiger partial charge is 0.234 e. The van der Waals surface area contributed by atoms with Crippen molar-refractivity contribution in [1.29, 1.82) is 0 Å². The van der Waals surface area contributed by atoms with Gasteiger partial charge in [-0.25, -0.2) is 0 Å². The summed E-state index contributed by atoms with van der Waals surface area (Å²) in [5.74, 6) is 2.58. The first-order valence-corrected chi connectivity index (χ1v) is 11.3. The number of thioether (sulfide) groups is 1. The number of hydrogen-bond acceptors (Lipinski definition) is 7. The quantitative estimate of drug-likeness (QED) is 0.428. The molecule has 10 heteroatoms. The molecule has 2 aromatic carbocycles. The van der Waals surface area contributed by atoms with Gasteiger partial charge in [0, 0.05) is 17.6 Å². The van der Waals surface area contributed by atoms with Gasteiger partial charge in [-0.2, -0.15) is 0 Å². The van der Waals surface area contributed by atoms with Crippen LogP contribution < -0.4 is 19.5 Å². The molecule has 32 heavy (non-hydrogen) atoms. The van der Waals surface area contributed by atoms with E-state index in [2.05, 4.69) is 15.5 Å². The number of hydrogen-bond donors (Lipinski definition) is 1. The largest absolute Gasteiger partial charge is 0.497 e. The molecule has 1 N–H and O–H groups in total. The zero-order valence-corrected chi connectivity index (χ0v) is 19.9. The number of nitrogens with zero attached hydrogens (tertiary/aromatic N) is 3. The van der Waals surface area contributed by atoms with Crippen molar-refractivity contribution < 1.29 is 19.0 Å². The van der Waals surface area contributed by atoms with Crippen LogP contribution in [0.5, 0.6) is 17.2 Å². The lowest BCUT2D eigenvalue weighted by Gasteiger charge is -2.12. The zero-order valence-electron chi connectivity index (χ0n) is 18.3. The van der Waals surface area contributed by atoms with Crippen molar-refractivity contribution >= 4 is 35.0 Å². The first kappa shape index (κ1) is 23.7. The van der Waals surface area contributed by atoms with Crippen molar-refractivity contribution in [2.75, 3.05) is 25.3 Å². The number of anilines is 1. The highest BCUT2D eigenvalue weighted by molar-refractivity contribution is 7.99. The molecule has 0 aliphatic heterocycles. The van der Waals surface area contributed by atoms with Gasteiger partial charge >= 0.3 is 0 Å². The maximum Gasteiger partial charge on any atom is 0.234 e. The second-order valence-electron chi connectivity index (χ2n) is 6.74. The van der Waals surface area contributed by atoms with E-state index < -0.39 is 0 Å². The fraction of sp³-hybridized carbons (Fsp3) is 0.318. The molecule has 0 saturated carbocycles. The third kappa shape index (κ3) is 5.86. The summed E-state index contributed by atoms with van der Waals surface area (Å²) in [7, 11) is 3.11. The summed E-state index contributed by atoms with van der Waals surface area (Å²) < 4.78 is 18.3. The van der Waals surface area contributed by atoms with Crippen LogP contribution in [0.25, 0.3) is 0 Å². The second kappa shape index (κ2) is 11.1. The highest BCUT2D eigenvalue weighted by Crippen LogP contribution is 2.29. The van der Waals surface area contributed by atoms with E-state index in [0.29, 0.717) is 39.7 Å². The van der Waals surface area contributed by atoms with Gasteiger partial charge in [-0.1, -0.05) is 23.4 Å². The minimum absolute atomic E-state index is 0.171. The maximum absolute atomic E-state index is 12.5. The summed E-state index contributed by atoms with van der Waals surface area (Å²) in [6.45, 7) is 4.84. The molecule has 1 heterocycles. The first-order valence-electron chi connectivity index (χ1n) is 9.90. The van der Waals surface area contributed by atoms with E-state index in [1.807, 2.05) is 30.5 Å². The van der Waals surface area contributed by atoms with Gasteiger partial charge in [-0.15, -0.1) is 10.2 Å². The molecule has 8 nitrogen and oxygen atoms in total. The zero-order chi connectivity index (χ0) is 23.1. The van der Waals surface area contributed by atoms with Gasteiger partial charge in [0.05, 0.1) is 25.7 Å². The third-order valence-electron chi connectivity index (χ3n) is 4.62. The number of aryl methyl sites for hydroxylation is 1. The van der Waals surface area contributed by atoms with E-state index in [9.17, 15) is 4.79 Å². The predicted molar refractivity (Wildman–Crippen MR) is 125 cm³/mol. The normalized spacial score (nSPS) is 10.7. The van der Waals surface area contributed by atoms with Crippen LogP contribution in [0.1, 0.15) is 18.3 Å². The highest BCUT2D eigenvalue weighted by Gasteiger charge is 2.15. The SMILES string of the molecule is CCn1c(COc2ccc(Cl)cc2C)nnc1SCC(=O)Nc1ccc(OC)cc1OC. The van der Waals surface area contributed by atoms with Crippen molar-refractivity contribution in [3.63, 3.8) is 0 Å². The Hall–Kier alpha value is -2.91. The van der Waals surface area contributed by atoms with E-state index in [1.165, 1.54) is 18.9 Å². The number of nitrogens with one attached hydrogen (secondary N) is 1. The Morgan fingerprint density at radius 2 is 1.94 bits per heavy atom. The molecule has 0 spiro atoms. The fourth-order valence-electron chi connectivity index (χ4n) is 2.99. The minimum atomic E-state index is -0.182. The molecular formula is C22H25ClN4O4S. The molecule has 0 saturated heterocycles. The number of aromatic nitrogens is 3. The molecular weight excluding hydrogens is 452 g/mol. The molecule has 0 atom stereocenters. The van der Waals surface area contributed by atoms with Gasteiger partial charge in [-0.3, -0.25) is 4.79 Å². The molecule has 0 radical (unpaired) electrons. The highest BCUT2D eigenvalue weighted by atomic mass is 35.5. The minimum Gasteiger partial charge on any atom is -0.497 e. The molecule has 3 aromatic rings. The number of benzene rings is 2. The summed E-state index contributed by atoms with van der Waals surface area (Å²) in [6.07, 6.45) is 0. The van der Waals surface area contributed by atoms with Crippen molar-refractivity contribution in [3.05, 3.63) is 52.8 Å². The van der Waals surface area contributed by atoms with Crippen LogP contribution in [0.15, 0.2) is 41.6 Å². The van der Waals surface area contributed by atoms with Crippen LogP contribution in [0, 0.1) is 6.92 Å². The Kier molecular flexibility index (Phi) is 8.24. The molecule has 0 bridgehead atoms. The van der Waals surface area contributed by atoms with E-state index in [4.69, 9.17) is 25.8 Å². The molecule has 0 fully saturated rings. The Labute approximate surface area is 196 Å². The van der Waals surface area contributed by atoms with Gasteiger partial charge in [0.25, 0.3) is 0 Å². The molecule has 1 amide bonds. The average Bonchev–Trinajstić information content (AvgIpc) is 3.19.